The van der Waals surface area contributed by atoms with Crippen molar-refractivity contribution in [1.82, 2.24) is 5.48 Å². The lowest BCUT2D eigenvalue weighted by Crippen LogP contribution is -2.10. The monoisotopic (exact) mass is 521 g/mol. The first kappa shape index (κ1) is 26.3. The Bertz CT molecular complexity index is 892. The molecule has 0 atom stereocenters. The fraction of sp³-hybridized carbons (Fsp3) is 0.273. The molecule has 0 radical (unpaired) electrons. The molecule has 0 aliphatic heterocycles. The van der Waals surface area contributed by atoms with Gasteiger partial charge in [-0.2, -0.15) is 0 Å². The third-order valence-electron chi connectivity index (χ3n) is 3.88. The summed E-state index contributed by atoms with van der Waals surface area (Å²) in [6.45, 7) is 1.03. The van der Waals surface area contributed by atoms with Crippen LogP contribution in [0.3, 0.4) is 0 Å². The maximum Gasteiger partial charge on any atom is 0.156 e. The summed E-state index contributed by atoms with van der Waals surface area (Å²) in [7, 11) is 3.10. The van der Waals surface area contributed by atoms with E-state index in [0.717, 1.165) is 11.3 Å². The van der Waals surface area contributed by atoms with Crippen LogP contribution < -0.4 is 19.7 Å². The lowest BCUT2D eigenvalue weighted by Gasteiger charge is -2.13. The number of nitrogens with one attached hydrogen (secondary N) is 1. The zero-order valence-corrected chi connectivity index (χ0v) is 20.5. The second kappa shape index (κ2) is 14.2. The van der Waals surface area contributed by atoms with Gasteiger partial charge in [0.2, 0.25) is 0 Å². The zero-order valence-electron chi connectivity index (χ0n) is 17.5. The second-order valence-corrected chi connectivity index (χ2v) is 7.99. The van der Waals surface area contributed by atoms with Crippen molar-refractivity contribution in [3.63, 3.8) is 0 Å². The van der Waals surface area contributed by atoms with E-state index in [1.807, 2.05) is 24.3 Å². The van der Waals surface area contributed by atoms with Crippen LogP contribution in [0.4, 0.5) is 0 Å². The molecular formula is C22H23Cl4NO5. The normalized spacial score (nSPS) is 11.0. The molecule has 0 unspecified atom stereocenters. The number of methoxy groups -OCH3 is 1. The van der Waals surface area contributed by atoms with E-state index in [4.69, 9.17) is 70.2 Å². The summed E-state index contributed by atoms with van der Waals surface area (Å²) in [4.78, 5) is 4.94. The minimum Gasteiger partial charge on any atom is -0.502 e. The third-order valence-corrected chi connectivity index (χ3v) is 4.75. The Hall–Kier alpha value is -1.96. The van der Waals surface area contributed by atoms with E-state index in [-0.39, 0.29) is 11.1 Å². The molecule has 6 nitrogen and oxygen atoms in total. The summed E-state index contributed by atoms with van der Waals surface area (Å²) in [6.07, 6.45) is 3.69. The van der Waals surface area contributed by atoms with Gasteiger partial charge in [0, 0.05) is 24.1 Å². The van der Waals surface area contributed by atoms with E-state index in [1.165, 1.54) is 13.2 Å². The lowest BCUT2D eigenvalue weighted by atomic mass is 10.2. The Morgan fingerprint density at radius 3 is 2.16 bits per heavy atom. The molecular weight excluding hydrogens is 500 g/mol. The Balaban J connectivity index is 1.80. The molecule has 0 amide bonds. The third kappa shape index (κ3) is 8.88. The van der Waals surface area contributed by atoms with E-state index in [9.17, 15) is 0 Å². The summed E-state index contributed by atoms with van der Waals surface area (Å²) in [5.41, 5.74) is 4.34. The lowest BCUT2D eigenvalue weighted by molar-refractivity contribution is 0.134. The van der Waals surface area contributed by atoms with Gasteiger partial charge in [0.1, 0.15) is 34.6 Å². The fourth-order valence-corrected chi connectivity index (χ4v) is 3.19. The molecule has 10 heteroatoms. The quantitative estimate of drug-likeness (QED) is 0.181. The SMILES string of the molecule is COC=C(NOC)c1ccc(OCCCOc2c(Cl)cc(OCC=C(Cl)Cl)cc2Cl)cc1. The van der Waals surface area contributed by atoms with Gasteiger partial charge in [0.15, 0.2) is 5.75 Å². The van der Waals surface area contributed by atoms with Crippen molar-refractivity contribution in [2.45, 2.75) is 6.42 Å². The highest BCUT2D eigenvalue weighted by molar-refractivity contribution is 6.55. The van der Waals surface area contributed by atoms with E-state index < -0.39 is 0 Å². The van der Waals surface area contributed by atoms with Crippen LogP contribution in [0.25, 0.3) is 5.70 Å². The smallest absolute Gasteiger partial charge is 0.156 e. The van der Waals surface area contributed by atoms with Gasteiger partial charge in [-0.05, 0) is 30.3 Å². The van der Waals surface area contributed by atoms with Crippen molar-refractivity contribution in [2.24, 2.45) is 0 Å². The second-order valence-electron chi connectivity index (χ2n) is 6.17. The molecule has 1 N–H and O–H groups in total. The standard InChI is InChI=1S/C22H23Cl4NO5/c1-28-14-20(27-29-2)15-4-6-16(7-5-15)30-9-3-10-32-22-18(23)12-17(13-19(22)24)31-11-8-21(25)26/h4-8,12-14,27H,3,9-11H2,1-2H3. The highest BCUT2D eigenvalue weighted by Crippen LogP contribution is 2.37. The zero-order chi connectivity index (χ0) is 23.3. The van der Waals surface area contributed by atoms with Crippen LogP contribution in [0, 0.1) is 0 Å². The number of ether oxygens (including phenoxy) is 4. The molecule has 32 heavy (non-hydrogen) atoms. The maximum atomic E-state index is 6.25. The van der Waals surface area contributed by atoms with Crippen molar-refractivity contribution in [2.75, 3.05) is 34.0 Å². The highest BCUT2D eigenvalue weighted by atomic mass is 35.5. The highest BCUT2D eigenvalue weighted by Gasteiger charge is 2.11. The average Bonchev–Trinajstić information content (AvgIpc) is 2.75. The van der Waals surface area contributed by atoms with E-state index >= 15 is 0 Å². The minimum absolute atomic E-state index is 0.121. The Morgan fingerprint density at radius 2 is 1.56 bits per heavy atom. The molecule has 0 aliphatic carbocycles. The predicted octanol–water partition coefficient (Wildman–Crippen LogP) is 6.63. The van der Waals surface area contributed by atoms with Crippen LogP contribution in [0.1, 0.15) is 12.0 Å². The van der Waals surface area contributed by atoms with Crippen LogP contribution in [0.2, 0.25) is 10.0 Å². The average molecular weight is 523 g/mol. The van der Waals surface area contributed by atoms with Crippen molar-refractivity contribution in [3.8, 4) is 17.2 Å². The van der Waals surface area contributed by atoms with Gasteiger partial charge in [0.25, 0.3) is 0 Å². The van der Waals surface area contributed by atoms with E-state index in [2.05, 4.69) is 5.48 Å². The number of hydrogen-bond acceptors (Lipinski definition) is 6. The van der Waals surface area contributed by atoms with Gasteiger partial charge in [-0.3, -0.25) is 10.3 Å². The molecule has 0 fully saturated rings. The first-order valence-corrected chi connectivity index (χ1v) is 11.0. The first-order valence-electron chi connectivity index (χ1n) is 9.45. The van der Waals surface area contributed by atoms with Crippen molar-refractivity contribution >= 4 is 52.1 Å². The van der Waals surface area contributed by atoms with Crippen LogP contribution in [-0.4, -0.2) is 34.0 Å². The molecule has 0 aliphatic rings. The summed E-state index contributed by atoms with van der Waals surface area (Å²) in [6, 6.07) is 10.7. The Morgan fingerprint density at radius 1 is 0.906 bits per heavy atom. The number of rotatable bonds is 13. The van der Waals surface area contributed by atoms with Gasteiger partial charge in [-0.25, -0.2) is 0 Å². The van der Waals surface area contributed by atoms with E-state index in [0.29, 0.717) is 46.9 Å². The molecule has 0 spiro atoms. The van der Waals surface area contributed by atoms with Crippen LogP contribution in [0.5, 0.6) is 17.2 Å². The van der Waals surface area contributed by atoms with Crippen molar-refractivity contribution in [3.05, 3.63) is 68.8 Å². The predicted molar refractivity (Wildman–Crippen MR) is 129 cm³/mol. The number of halogens is 4. The molecule has 2 rings (SSSR count). The molecule has 2 aromatic carbocycles. The van der Waals surface area contributed by atoms with Gasteiger partial charge in [-0.1, -0.05) is 46.4 Å². The van der Waals surface area contributed by atoms with Gasteiger partial charge in [-0.15, -0.1) is 0 Å². The van der Waals surface area contributed by atoms with Crippen LogP contribution in [-0.2, 0) is 9.57 Å². The minimum atomic E-state index is 0.121. The molecule has 2 aromatic rings. The molecule has 0 saturated heterocycles. The fourth-order valence-electron chi connectivity index (χ4n) is 2.49. The number of hydrogen-bond donors (Lipinski definition) is 1. The number of hydroxylamine groups is 1. The van der Waals surface area contributed by atoms with Crippen molar-refractivity contribution in [1.29, 1.82) is 0 Å². The molecule has 0 aromatic heterocycles. The maximum absolute atomic E-state index is 6.25. The van der Waals surface area contributed by atoms with Crippen molar-refractivity contribution < 1.29 is 23.8 Å². The molecule has 0 heterocycles. The summed E-state index contributed by atoms with van der Waals surface area (Å²) in [5, 5.41) is 0.684. The van der Waals surface area contributed by atoms with Gasteiger partial charge >= 0.3 is 0 Å². The molecule has 0 bridgehead atoms. The largest absolute Gasteiger partial charge is 0.502 e. The summed E-state index contributed by atoms with van der Waals surface area (Å²) in [5.74, 6) is 1.60. The Labute approximate surface area is 207 Å². The summed E-state index contributed by atoms with van der Waals surface area (Å²) < 4.78 is 22.1. The molecule has 174 valence electrons. The number of benzene rings is 2. The molecule has 0 saturated carbocycles. The van der Waals surface area contributed by atoms with Gasteiger partial charge < -0.3 is 18.9 Å². The summed E-state index contributed by atoms with van der Waals surface area (Å²) >= 11 is 23.6. The first-order chi connectivity index (χ1) is 15.4. The van der Waals surface area contributed by atoms with Crippen LogP contribution >= 0.6 is 46.4 Å². The topological polar surface area (TPSA) is 58.2 Å². The Kier molecular flexibility index (Phi) is 11.7. The van der Waals surface area contributed by atoms with E-state index in [1.54, 1.807) is 25.5 Å². The van der Waals surface area contributed by atoms with Gasteiger partial charge in [0.05, 0.1) is 37.5 Å². The van der Waals surface area contributed by atoms with Crippen LogP contribution in [0.15, 0.2) is 53.2 Å².